The van der Waals surface area contributed by atoms with Crippen LogP contribution in [0.15, 0.2) is 17.4 Å². The van der Waals surface area contributed by atoms with Crippen LogP contribution in [0.25, 0.3) is 0 Å². The molecule has 1 aliphatic rings. The van der Waals surface area contributed by atoms with Gasteiger partial charge in [0.2, 0.25) is 0 Å². The summed E-state index contributed by atoms with van der Waals surface area (Å²) in [5.41, 5.74) is 1.58. The summed E-state index contributed by atoms with van der Waals surface area (Å²) in [7, 11) is 3.19. The highest BCUT2D eigenvalue weighted by Crippen LogP contribution is 2.30. The number of ether oxygens (including phenoxy) is 3. The third-order valence-corrected chi connectivity index (χ3v) is 3.47. The Morgan fingerprint density at radius 1 is 1.30 bits per heavy atom. The molecular weight excluding hydrogens is 260 g/mol. The molecular formula is C14H20N2O4. The number of aromatic nitrogens is 1. The van der Waals surface area contributed by atoms with Crippen LogP contribution in [0, 0.1) is 0 Å². The predicted octanol–water partition coefficient (Wildman–Crippen LogP) is 2.39. The monoisotopic (exact) mass is 280 g/mol. The molecule has 1 heterocycles. The third kappa shape index (κ3) is 3.39. The summed E-state index contributed by atoms with van der Waals surface area (Å²) in [6.45, 7) is 0.386. The quantitative estimate of drug-likeness (QED) is 0.662. The third-order valence-electron chi connectivity index (χ3n) is 3.47. The average molecular weight is 280 g/mol. The molecule has 1 aromatic heterocycles. The van der Waals surface area contributed by atoms with Crippen LogP contribution in [-0.2, 0) is 11.3 Å². The fraction of sp³-hybridized carbons (Fsp3) is 0.571. The van der Waals surface area contributed by atoms with Gasteiger partial charge in [0.25, 0.3) is 0 Å². The molecule has 1 N–H and O–H groups in total. The van der Waals surface area contributed by atoms with Crippen molar-refractivity contribution in [1.82, 2.24) is 4.98 Å². The zero-order valence-corrected chi connectivity index (χ0v) is 11.8. The highest BCUT2D eigenvalue weighted by Gasteiger charge is 2.20. The second-order valence-corrected chi connectivity index (χ2v) is 4.67. The zero-order valence-electron chi connectivity index (χ0n) is 11.8. The van der Waals surface area contributed by atoms with Gasteiger partial charge < -0.3 is 19.4 Å². The number of rotatable bonds is 5. The van der Waals surface area contributed by atoms with Crippen molar-refractivity contribution in [3.05, 3.63) is 18.0 Å². The van der Waals surface area contributed by atoms with Crippen molar-refractivity contribution < 1.29 is 19.4 Å². The summed E-state index contributed by atoms with van der Waals surface area (Å²) in [6, 6.07) is 1.76. The van der Waals surface area contributed by atoms with Crippen molar-refractivity contribution in [2.75, 3.05) is 14.2 Å². The normalized spacial score (nSPS) is 18.7. The minimum absolute atomic E-state index is 0.165. The maximum atomic E-state index is 8.72. The van der Waals surface area contributed by atoms with E-state index < -0.39 is 0 Å². The van der Waals surface area contributed by atoms with Crippen LogP contribution in [0.1, 0.15) is 31.4 Å². The van der Waals surface area contributed by atoms with Gasteiger partial charge in [-0.15, -0.1) is 0 Å². The van der Waals surface area contributed by atoms with E-state index in [0.717, 1.165) is 37.1 Å². The van der Waals surface area contributed by atoms with E-state index in [1.165, 1.54) is 0 Å². The first-order valence-corrected chi connectivity index (χ1v) is 6.65. The zero-order chi connectivity index (χ0) is 14.4. The largest absolute Gasteiger partial charge is 0.493 e. The molecule has 110 valence electrons. The SMILES string of the molecule is COc1ccnc(COC2CCC(=NO)CC2)c1OC. The minimum atomic E-state index is 0.165. The lowest BCUT2D eigenvalue weighted by Gasteiger charge is -2.23. The summed E-state index contributed by atoms with van der Waals surface area (Å²) in [5, 5.41) is 12.0. The fourth-order valence-electron chi connectivity index (χ4n) is 2.34. The van der Waals surface area contributed by atoms with Gasteiger partial charge in [-0.3, -0.25) is 4.98 Å². The first kappa shape index (κ1) is 14.6. The molecule has 0 atom stereocenters. The van der Waals surface area contributed by atoms with Crippen molar-refractivity contribution in [1.29, 1.82) is 0 Å². The first-order chi connectivity index (χ1) is 9.78. The Hall–Kier alpha value is -1.82. The highest BCUT2D eigenvalue weighted by atomic mass is 16.5. The van der Waals surface area contributed by atoms with Gasteiger partial charge in [-0.25, -0.2) is 0 Å². The fourth-order valence-corrected chi connectivity index (χ4v) is 2.34. The van der Waals surface area contributed by atoms with Crippen LogP contribution >= 0.6 is 0 Å². The smallest absolute Gasteiger partial charge is 0.184 e. The lowest BCUT2D eigenvalue weighted by atomic mass is 9.96. The summed E-state index contributed by atoms with van der Waals surface area (Å²) in [5.74, 6) is 1.27. The predicted molar refractivity (Wildman–Crippen MR) is 73.6 cm³/mol. The van der Waals surface area contributed by atoms with E-state index in [1.807, 2.05) is 0 Å². The average Bonchev–Trinajstić information content (AvgIpc) is 2.52. The van der Waals surface area contributed by atoms with Crippen LogP contribution in [0.5, 0.6) is 11.5 Å². The van der Waals surface area contributed by atoms with E-state index in [-0.39, 0.29) is 6.10 Å². The molecule has 0 aromatic carbocycles. The molecule has 0 radical (unpaired) electrons. The topological polar surface area (TPSA) is 73.2 Å². The van der Waals surface area contributed by atoms with Crippen LogP contribution in [0.4, 0.5) is 0 Å². The molecule has 2 rings (SSSR count). The van der Waals surface area contributed by atoms with Gasteiger partial charge in [0, 0.05) is 12.3 Å². The molecule has 1 fully saturated rings. The van der Waals surface area contributed by atoms with E-state index in [1.54, 1.807) is 26.5 Å². The number of oxime groups is 1. The molecule has 0 aliphatic heterocycles. The molecule has 1 aromatic rings. The molecule has 0 amide bonds. The molecule has 1 aliphatic carbocycles. The van der Waals surface area contributed by atoms with Crippen molar-refractivity contribution in [2.24, 2.45) is 5.16 Å². The second kappa shape index (κ2) is 7.09. The summed E-state index contributed by atoms with van der Waals surface area (Å²) >= 11 is 0. The molecule has 0 bridgehead atoms. The van der Waals surface area contributed by atoms with Gasteiger partial charge in [0.15, 0.2) is 11.5 Å². The van der Waals surface area contributed by atoms with Gasteiger partial charge in [-0.2, -0.15) is 0 Å². The van der Waals surface area contributed by atoms with E-state index in [2.05, 4.69) is 10.1 Å². The molecule has 0 spiro atoms. The lowest BCUT2D eigenvalue weighted by Crippen LogP contribution is -2.21. The van der Waals surface area contributed by atoms with Crippen molar-refractivity contribution in [2.45, 2.75) is 38.4 Å². The van der Waals surface area contributed by atoms with Crippen LogP contribution in [0.2, 0.25) is 0 Å². The number of pyridine rings is 1. The molecule has 0 saturated heterocycles. The second-order valence-electron chi connectivity index (χ2n) is 4.67. The minimum Gasteiger partial charge on any atom is -0.493 e. The van der Waals surface area contributed by atoms with Crippen LogP contribution in [-0.4, -0.2) is 36.2 Å². The standard InChI is InChI=1S/C14H20N2O4/c1-18-13-7-8-15-12(14(13)19-2)9-20-11-5-3-10(16-17)4-6-11/h7-8,11,17H,3-6,9H2,1-2H3. The van der Waals surface area contributed by atoms with Gasteiger partial charge >= 0.3 is 0 Å². The molecule has 6 nitrogen and oxygen atoms in total. The molecule has 6 heteroatoms. The summed E-state index contributed by atoms with van der Waals surface area (Å²) < 4.78 is 16.4. The highest BCUT2D eigenvalue weighted by molar-refractivity contribution is 5.84. The maximum absolute atomic E-state index is 8.72. The molecule has 20 heavy (non-hydrogen) atoms. The van der Waals surface area contributed by atoms with Crippen LogP contribution < -0.4 is 9.47 Å². The number of hydrogen-bond acceptors (Lipinski definition) is 6. The Labute approximate surface area is 118 Å². The lowest BCUT2D eigenvalue weighted by molar-refractivity contribution is 0.0248. The van der Waals surface area contributed by atoms with E-state index >= 15 is 0 Å². The summed E-state index contributed by atoms with van der Waals surface area (Å²) in [4.78, 5) is 4.28. The molecule has 0 unspecified atom stereocenters. The van der Waals surface area contributed by atoms with Gasteiger partial charge in [0.05, 0.1) is 32.6 Å². The number of nitrogens with zero attached hydrogens (tertiary/aromatic N) is 2. The first-order valence-electron chi connectivity index (χ1n) is 6.65. The van der Waals surface area contributed by atoms with E-state index in [0.29, 0.717) is 18.1 Å². The summed E-state index contributed by atoms with van der Waals surface area (Å²) in [6.07, 6.45) is 5.14. The maximum Gasteiger partial charge on any atom is 0.184 e. The van der Waals surface area contributed by atoms with Crippen LogP contribution in [0.3, 0.4) is 0 Å². The van der Waals surface area contributed by atoms with Gasteiger partial charge in [-0.1, -0.05) is 5.16 Å². The van der Waals surface area contributed by atoms with Gasteiger partial charge in [0.1, 0.15) is 5.69 Å². The van der Waals surface area contributed by atoms with E-state index in [9.17, 15) is 0 Å². The van der Waals surface area contributed by atoms with Gasteiger partial charge in [-0.05, 0) is 25.7 Å². The number of hydrogen-bond donors (Lipinski definition) is 1. The van der Waals surface area contributed by atoms with Crippen molar-refractivity contribution >= 4 is 5.71 Å². The Balaban J connectivity index is 1.94. The Morgan fingerprint density at radius 2 is 2.05 bits per heavy atom. The van der Waals surface area contributed by atoms with E-state index in [4.69, 9.17) is 19.4 Å². The van der Waals surface area contributed by atoms with Crippen molar-refractivity contribution in [3.8, 4) is 11.5 Å². The van der Waals surface area contributed by atoms with Crippen molar-refractivity contribution in [3.63, 3.8) is 0 Å². The Morgan fingerprint density at radius 3 is 2.65 bits per heavy atom. The Bertz CT molecular complexity index is 466. The Kier molecular flexibility index (Phi) is 5.17. The molecule has 1 saturated carbocycles. The number of methoxy groups -OCH3 is 2.